The van der Waals surface area contributed by atoms with Crippen LogP contribution in [0.4, 0.5) is 5.82 Å². The fourth-order valence-corrected chi connectivity index (χ4v) is 5.82. The number of aliphatic hydroxyl groups excluding tert-OH is 1. The molecular weight excluding hydrogens is 578 g/mol. The van der Waals surface area contributed by atoms with Crippen molar-refractivity contribution >= 4 is 64.6 Å². The Hall–Kier alpha value is -2.09. The van der Waals surface area contributed by atoms with Crippen LogP contribution in [0.1, 0.15) is 20.8 Å². The standard InChI is InChI=1S/C22H29Cl2N6O6PS/c1-13(2)35-22(32)14(3)29-37(38,36-15-7-5-4-6-8-15)34-9-16(18(31)19(23)24)33-12-30-11-28-17-20(25)26-10-27-21(17)30/h4-8,10-11,13-14,16,18-19,31H,9,12H2,1-3H3,(H,29,38)(H2,25,26,27). The van der Waals surface area contributed by atoms with Crippen molar-refractivity contribution in [3.63, 3.8) is 0 Å². The minimum atomic E-state index is -3.40. The zero-order valence-electron chi connectivity index (χ0n) is 20.8. The number of ether oxygens (including phenoxy) is 2. The van der Waals surface area contributed by atoms with Gasteiger partial charge in [-0.05, 0) is 44.7 Å². The summed E-state index contributed by atoms with van der Waals surface area (Å²) >= 11 is 17.6. The smallest absolute Gasteiger partial charge is 0.323 e. The van der Waals surface area contributed by atoms with Gasteiger partial charge in [0.25, 0.3) is 0 Å². The maximum absolute atomic E-state index is 12.4. The molecule has 0 spiro atoms. The number of fused-ring (bicyclic) bond motifs is 1. The fourth-order valence-electron chi connectivity index (χ4n) is 3.08. The van der Waals surface area contributed by atoms with E-state index < -0.39 is 35.7 Å². The number of nitrogens with two attached hydrogens (primary N) is 1. The number of benzene rings is 1. The number of aliphatic hydroxyl groups is 1. The van der Waals surface area contributed by atoms with Gasteiger partial charge in [0.1, 0.15) is 47.4 Å². The van der Waals surface area contributed by atoms with E-state index >= 15 is 0 Å². The van der Waals surface area contributed by atoms with Crippen LogP contribution < -0.4 is 15.3 Å². The topological polar surface area (TPSA) is 156 Å². The summed E-state index contributed by atoms with van der Waals surface area (Å²) in [5.41, 5.74) is 6.66. The summed E-state index contributed by atoms with van der Waals surface area (Å²) in [6.07, 6.45) is 0.0141. The highest BCUT2D eigenvalue weighted by Gasteiger charge is 2.33. The molecule has 2 aromatic heterocycles. The predicted molar refractivity (Wildman–Crippen MR) is 147 cm³/mol. The molecule has 0 aliphatic heterocycles. The third kappa shape index (κ3) is 8.45. The number of hydrogen-bond donors (Lipinski definition) is 3. The summed E-state index contributed by atoms with van der Waals surface area (Å²) < 4.78 is 24.7. The Morgan fingerprint density at radius 2 is 1.92 bits per heavy atom. The van der Waals surface area contributed by atoms with E-state index in [-0.39, 0.29) is 25.3 Å². The molecule has 208 valence electrons. The number of carbonyl (C=O) groups excluding carboxylic acids is 1. The summed E-state index contributed by atoms with van der Waals surface area (Å²) in [5.74, 6) is 0.0998. The number of rotatable bonds is 14. The molecule has 0 fully saturated rings. The number of nitrogens with zero attached hydrogens (tertiary/aromatic N) is 4. The molecule has 0 radical (unpaired) electrons. The predicted octanol–water partition coefficient (Wildman–Crippen LogP) is 3.17. The Morgan fingerprint density at radius 1 is 1.21 bits per heavy atom. The molecule has 2 heterocycles. The van der Waals surface area contributed by atoms with E-state index in [1.165, 1.54) is 12.7 Å². The molecule has 0 saturated heterocycles. The number of anilines is 1. The number of halogens is 2. The van der Waals surface area contributed by atoms with E-state index in [2.05, 4.69) is 20.0 Å². The maximum atomic E-state index is 12.4. The highest BCUT2D eigenvalue weighted by molar-refractivity contribution is 8.09. The molecular formula is C22H29Cl2N6O6PS. The number of para-hydroxylation sites is 1. The van der Waals surface area contributed by atoms with Crippen LogP contribution in [0.5, 0.6) is 5.75 Å². The zero-order chi connectivity index (χ0) is 27.9. The van der Waals surface area contributed by atoms with Crippen LogP contribution in [0.25, 0.3) is 11.2 Å². The molecule has 3 rings (SSSR count). The van der Waals surface area contributed by atoms with Gasteiger partial charge in [-0.1, -0.05) is 18.2 Å². The molecule has 4 unspecified atom stereocenters. The van der Waals surface area contributed by atoms with Crippen molar-refractivity contribution < 1.29 is 28.4 Å². The summed E-state index contributed by atoms with van der Waals surface area (Å²) in [6, 6.07) is 7.87. The minimum absolute atomic E-state index is 0.106. The number of nitrogens with one attached hydrogen (secondary N) is 1. The molecule has 38 heavy (non-hydrogen) atoms. The second-order valence-electron chi connectivity index (χ2n) is 8.34. The molecule has 0 aliphatic carbocycles. The first kappa shape index (κ1) is 30.5. The first-order valence-corrected chi connectivity index (χ1v) is 15.0. The monoisotopic (exact) mass is 606 g/mol. The lowest BCUT2D eigenvalue weighted by molar-refractivity contribution is -0.149. The lowest BCUT2D eigenvalue weighted by Crippen LogP contribution is -2.40. The molecule has 0 aliphatic rings. The molecule has 4 atom stereocenters. The average molecular weight is 607 g/mol. The quantitative estimate of drug-likeness (QED) is 0.140. The second-order valence-corrected chi connectivity index (χ2v) is 12.6. The molecule has 0 bridgehead atoms. The number of esters is 1. The first-order valence-electron chi connectivity index (χ1n) is 11.5. The largest absolute Gasteiger partial charge is 0.462 e. The fraction of sp³-hybridized carbons (Fsp3) is 0.455. The molecule has 12 nitrogen and oxygen atoms in total. The van der Waals surface area contributed by atoms with E-state index in [1.807, 2.05) is 6.07 Å². The van der Waals surface area contributed by atoms with Gasteiger partial charge in [-0.25, -0.2) is 20.0 Å². The Kier molecular flexibility index (Phi) is 11.1. The molecule has 0 saturated carbocycles. The summed E-state index contributed by atoms with van der Waals surface area (Å²) in [6.45, 7) is 1.26. The maximum Gasteiger partial charge on any atom is 0.323 e. The van der Waals surface area contributed by atoms with E-state index in [4.69, 9.17) is 59.3 Å². The number of alkyl halides is 2. The minimum Gasteiger partial charge on any atom is -0.462 e. The second kappa shape index (κ2) is 13.8. The van der Waals surface area contributed by atoms with Gasteiger partial charge in [0.05, 0.1) is 19.0 Å². The number of carbonyl (C=O) groups is 1. The van der Waals surface area contributed by atoms with Gasteiger partial charge in [0.2, 0.25) is 0 Å². The summed E-state index contributed by atoms with van der Waals surface area (Å²) in [5, 5.41) is 13.6. The third-order valence-corrected chi connectivity index (χ3v) is 7.95. The van der Waals surface area contributed by atoms with Crippen LogP contribution in [-0.2, 0) is 37.3 Å². The average Bonchev–Trinajstić information content (AvgIpc) is 3.28. The number of nitrogen functional groups attached to an aromatic ring is 1. The Morgan fingerprint density at radius 3 is 2.58 bits per heavy atom. The van der Waals surface area contributed by atoms with Crippen molar-refractivity contribution in [1.82, 2.24) is 24.6 Å². The molecule has 4 N–H and O–H groups in total. The van der Waals surface area contributed by atoms with Crippen LogP contribution >= 0.6 is 29.8 Å². The lowest BCUT2D eigenvalue weighted by Gasteiger charge is -2.30. The van der Waals surface area contributed by atoms with Crippen molar-refractivity contribution in [1.29, 1.82) is 0 Å². The lowest BCUT2D eigenvalue weighted by atomic mass is 10.2. The van der Waals surface area contributed by atoms with Crippen molar-refractivity contribution in [2.24, 2.45) is 0 Å². The number of hydrogen-bond acceptors (Lipinski definition) is 11. The third-order valence-electron chi connectivity index (χ3n) is 4.93. The number of imidazole rings is 1. The van der Waals surface area contributed by atoms with E-state index in [0.717, 1.165) is 0 Å². The van der Waals surface area contributed by atoms with Crippen LogP contribution in [0.3, 0.4) is 0 Å². The van der Waals surface area contributed by atoms with Gasteiger partial charge in [-0.3, -0.25) is 9.36 Å². The van der Waals surface area contributed by atoms with Crippen LogP contribution in [-0.4, -0.2) is 66.4 Å². The molecule has 0 amide bonds. The Bertz CT molecular complexity index is 1250. The Labute approximate surface area is 235 Å². The Balaban J connectivity index is 1.77. The highest BCUT2D eigenvalue weighted by Crippen LogP contribution is 2.45. The van der Waals surface area contributed by atoms with Gasteiger partial charge in [-0.15, -0.1) is 23.2 Å². The van der Waals surface area contributed by atoms with Crippen LogP contribution in [0, 0.1) is 0 Å². The zero-order valence-corrected chi connectivity index (χ0v) is 24.0. The van der Waals surface area contributed by atoms with Crippen LogP contribution in [0.2, 0.25) is 0 Å². The van der Waals surface area contributed by atoms with Crippen molar-refractivity contribution in [2.45, 2.75) is 56.7 Å². The van der Waals surface area contributed by atoms with Crippen molar-refractivity contribution in [3.8, 4) is 5.75 Å². The number of aromatic nitrogens is 4. The first-order chi connectivity index (χ1) is 18.0. The highest BCUT2D eigenvalue weighted by atomic mass is 35.5. The van der Waals surface area contributed by atoms with Crippen molar-refractivity contribution in [2.75, 3.05) is 12.3 Å². The van der Waals surface area contributed by atoms with Gasteiger partial charge in [0, 0.05) is 0 Å². The van der Waals surface area contributed by atoms with Gasteiger partial charge in [-0.2, -0.15) is 0 Å². The molecule has 16 heteroatoms. The van der Waals surface area contributed by atoms with E-state index in [9.17, 15) is 9.90 Å². The van der Waals surface area contributed by atoms with E-state index in [0.29, 0.717) is 16.9 Å². The SMILES string of the molecule is CC(C)OC(=O)C(C)NP(=S)(OCC(OCn1cnc2c(N)ncnc21)C(O)C(Cl)Cl)Oc1ccccc1. The summed E-state index contributed by atoms with van der Waals surface area (Å²) in [4.78, 5) is 23.5. The van der Waals surface area contributed by atoms with Crippen LogP contribution in [0.15, 0.2) is 43.0 Å². The van der Waals surface area contributed by atoms with Gasteiger partial charge < -0.3 is 29.4 Å². The van der Waals surface area contributed by atoms with E-state index in [1.54, 1.807) is 49.6 Å². The normalized spacial score (nSPS) is 15.8. The van der Waals surface area contributed by atoms with Gasteiger partial charge in [0.15, 0.2) is 11.5 Å². The van der Waals surface area contributed by atoms with Crippen molar-refractivity contribution in [3.05, 3.63) is 43.0 Å². The molecule has 1 aromatic carbocycles. The summed E-state index contributed by atoms with van der Waals surface area (Å²) in [7, 11) is 0. The van der Waals surface area contributed by atoms with Gasteiger partial charge >= 0.3 is 12.6 Å². The molecule has 3 aromatic rings.